The van der Waals surface area contributed by atoms with Gasteiger partial charge in [-0.3, -0.25) is 19.5 Å². The third kappa shape index (κ3) is 6.32. The highest BCUT2D eigenvalue weighted by Gasteiger charge is 2.38. The molecule has 0 saturated carbocycles. The third-order valence-electron chi connectivity index (χ3n) is 10.8. The highest BCUT2D eigenvalue weighted by atomic mass is 16.5. The van der Waals surface area contributed by atoms with Crippen molar-refractivity contribution in [2.24, 2.45) is 4.99 Å². The van der Waals surface area contributed by atoms with E-state index in [0.717, 1.165) is 46.6 Å². The van der Waals surface area contributed by atoms with Crippen LogP contribution in [0.4, 0.5) is 28.4 Å². The second-order valence-electron chi connectivity index (χ2n) is 14.9. The first-order chi connectivity index (χ1) is 27.3. The van der Waals surface area contributed by atoms with Gasteiger partial charge in [0.25, 0.3) is 11.8 Å². The summed E-state index contributed by atoms with van der Waals surface area (Å²) in [5.74, 6) is 1.77. The highest BCUT2D eigenvalue weighted by Crippen LogP contribution is 2.43. The number of aliphatic imine (C=N–C) groups is 1. The zero-order valence-corrected chi connectivity index (χ0v) is 31.8. The molecule has 0 aromatic heterocycles. The lowest BCUT2D eigenvalue weighted by Crippen LogP contribution is -2.39. The van der Waals surface area contributed by atoms with Crippen LogP contribution in [0.5, 0.6) is 23.0 Å². The molecule has 2 atom stereocenters. The molecule has 0 saturated heterocycles. The minimum Gasteiger partial charge on any atom is -0.493 e. The molecule has 0 aliphatic carbocycles. The van der Waals surface area contributed by atoms with Gasteiger partial charge in [0.05, 0.1) is 48.8 Å². The van der Waals surface area contributed by atoms with E-state index < -0.39 is 0 Å². The molecule has 0 fully saturated rings. The molecule has 4 heterocycles. The van der Waals surface area contributed by atoms with Crippen molar-refractivity contribution in [1.29, 1.82) is 0 Å². The summed E-state index contributed by atoms with van der Waals surface area (Å²) < 4.78 is 24.3. The van der Waals surface area contributed by atoms with Crippen LogP contribution >= 0.6 is 0 Å². The van der Waals surface area contributed by atoms with Crippen LogP contribution in [-0.2, 0) is 26.1 Å². The van der Waals surface area contributed by atoms with Gasteiger partial charge in [-0.25, -0.2) is 0 Å². The fraction of sp³-hybridized carbons (Fsp3) is 0.267. The van der Waals surface area contributed by atoms with Crippen molar-refractivity contribution < 1.29 is 28.5 Å². The van der Waals surface area contributed by atoms with Crippen molar-refractivity contribution in [2.75, 3.05) is 41.2 Å². The Kier molecular flexibility index (Phi) is 8.99. The number of hydrogen-bond donors (Lipinski definition) is 2. The number of nitrogens with one attached hydrogen (secondary N) is 2. The molecule has 1 unspecified atom stereocenters. The number of methoxy groups -OCH3 is 2. The molecular weight excluding hydrogens is 707 g/mol. The van der Waals surface area contributed by atoms with Gasteiger partial charge in [-0.05, 0) is 85.0 Å². The standard InChI is InChI=1S/C45H43N5O6/c1-26(2)48-31-14-27(24-55-42-20-36-34(18-40(42)53-3)44(51)49-32(22-46-36)16-29-9-5-7-11-38(29)49)13-28(15-31)25-56-43-21-37-35(19-41(43)54-4)45(52)50-33(23-47-37)17-30-10-6-8-12-39(30)50/h5-15,18-22,26,32-33,47-48H,16-17,23-25H2,1-4H3/t32-,33?/m0/s1. The number of nitrogens with zero attached hydrogens (tertiary/aromatic N) is 3. The van der Waals surface area contributed by atoms with Crippen molar-refractivity contribution in [3.05, 3.63) is 124 Å². The van der Waals surface area contributed by atoms with Gasteiger partial charge in [0.2, 0.25) is 0 Å². The number of carbonyl (C=O) groups is 2. The molecule has 0 spiro atoms. The van der Waals surface area contributed by atoms with Crippen LogP contribution in [-0.4, -0.2) is 56.9 Å². The van der Waals surface area contributed by atoms with E-state index in [1.165, 1.54) is 5.56 Å². The lowest BCUT2D eigenvalue weighted by atomic mass is 10.1. The molecule has 11 heteroatoms. The first-order valence-electron chi connectivity index (χ1n) is 19.0. The number of ether oxygens (including phenoxy) is 4. The van der Waals surface area contributed by atoms with E-state index >= 15 is 0 Å². The van der Waals surface area contributed by atoms with E-state index in [0.29, 0.717) is 52.0 Å². The Balaban J connectivity index is 0.950. The van der Waals surface area contributed by atoms with Gasteiger partial charge in [-0.1, -0.05) is 36.4 Å². The molecule has 0 bridgehead atoms. The average Bonchev–Trinajstić information content (AvgIpc) is 3.69. The van der Waals surface area contributed by atoms with Gasteiger partial charge >= 0.3 is 0 Å². The zero-order valence-electron chi connectivity index (χ0n) is 31.8. The van der Waals surface area contributed by atoms with E-state index in [-0.39, 0.29) is 43.2 Å². The normalized spacial score (nSPS) is 17.4. The predicted molar refractivity (Wildman–Crippen MR) is 218 cm³/mol. The smallest absolute Gasteiger partial charge is 0.261 e. The Morgan fingerprint density at radius 1 is 0.732 bits per heavy atom. The van der Waals surface area contributed by atoms with Crippen LogP contribution in [0.2, 0.25) is 0 Å². The molecule has 56 heavy (non-hydrogen) atoms. The number of anilines is 4. The zero-order chi connectivity index (χ0) is 38.5. The predicted octanol–water partition coefficient (Wildman–Crippen LogP) is 7.97. The maximum Gasteiger partial charge on any atom is 0.261 e. The van der Waals surface area contributed by atoms with E-state index in [1.807, 2.05) is 64.5 Å². The van der Waals surface area contributed by atoms with Crippen LogP contribution in [0.3, 0.4) is 0 Å². The SMILES string of the molecule is COc1cc2c(cc1OCc1cc(COc3cc4c(cc3OC)C(=O)N3c5ccccc5CC3CN4)cc(NC(C)C)c1)N=C[C@@H]1Cc3ccccc3N1C2=O. The number of carbonyl (C=O) groups excluding carboxylic acids is 2. The minimum atomic E-state index is -0.153. The quantitative estimate of drug-likeness (QED) is 0.148. The second kappa shape index (κ2) is 14.3. The maximum atomic E-state index is 13.9. The van der Waals surface area contributed by atoms with Crippen molar-refractivity contribution in [2.45, 2.75) is 58.0 Å². The first-order valence-corrected chi connectivity index (χ1v) is 19.0. The molecule has 4 aliphatic rings. The molecule has 11 nitrogen and oxygen atoms in total. The summed E-state index contributed by atoms with van der Waals surface area (Å²) in [5, 5.41) is 7.02. The van der Waals surface area contributed by atoms with Gasteiger partial charge in [0.15, 0.2) is 23.0 Å². The summed E-state index contributed by atoms with van der Waals surface area (Å²) in [4.78, 5) is 36.3. The van der Waals surface area contributed by atoms with Crippen LogP contribution in [0, 0.1) is 0 Å². The summed E-state index contributed by atoms with van der Waals surface area (Å²) >= 11 is 0. The molecule has 5 aromatic rings. The molecule has 9 rings (SSSR count). The van der Waals surface area contributed by atoms with Crippen molar-refractivity contribution in [1.82, 2.24) is 0 Å². The number of hydrogen-bond acceptors (Lipinski definition) is 9. The molecular formula is C45H43N5O6. The van der Waals surface area contributed by atoms with Crippen LogP contribution < -0.4 is 39.4 Å². The largest absolute Gasteiger partial charge is 0.493 e. The van der Waals surface area contributed by atoms with E-state index in [9.17, 15) is 9.59 Å². The lowest BCUT2D eigenvalue weighted by molar-refractivity contribution is 0.0976. The van der Waals surface area contributed by atoms with E-state index in [2.05, 4.69) is 48.7 Å². The van der Waals surface area contributed by atoms with E-state index in [4.69, 9.17) is 23.9 Å². The minimum absolute atomic E-state index is 0.0244. The van der Waals surface area contributed by atoms with Crippen LogP contribution in [0.25, 0.3) is 0 Å². The van der Waals surface area contributed by atoms with Crippen molar-refractivity contribution in [3.63, 3.8) is 0 Å². The Bertz CT molecular complexity index is 2410. The lowest BCUT2D eigenvalue weighted by Gasteiger charge is -2.22. The maximum absolute atomic E-state index is 13.9. The number of benzene rings is 5. The highest BCUT2D eigenvalue weighted by molar-refractivity contribution is 6.15. The summed E-state index contributed by atoms with van der Waals surface area (Å²) in [7, 11) is 3.15. The van der Waals surface area contributed by atoms with Gasteiger partial charge in [0, 0.05) is 54.4 Å². The Morgan fingerprint density at radius 3 is 2.02 bits per heavy atom. The van der Waals surface area contributed by atoms with Crippen molar-refractivity contribution >= 4 is 46.5 Å². The topological polar surface area (TPSA) is 114 Å². The number of fused-ring (bicyclic) bond motifs is 8. The molecule has 5 aromatic carbocycles. The summed E-state index contributed by atoms with van der Waals surface area (Å²) in [6.07, 6.45) is 3.37. The van der Waals surface area contributed by atoms with Gasteiger partial charge in [-0.2, -0.15) is 0 Å². The van der Waals surface area contributed by atoms with Gasteiger partial charge in [-0.15, -0.1) is 0 Å². The van der Waals surface area contributed by atoms with Crippen molar-refractivity contribution in [3.8, 4) is 23.0 Å². The summed E-state index contributed by atoms with van der Waals surface area (Å²) in [5.41, 5.74) is 9.19. The second-order valence-corrected chi connectivity index (χ2v) is 14.9. The van der Waals surface area contributed by atoms with Gasteiger partial charge in [0.1, 0.15) is 13.2 Å². The Hall–Kier alpha value is -6.49. The number of para-hydroxylation sites is 2. The first kappa shape index (κ1) is 35.2. The number of rotatable bonds is 10. The average molecular weight is 750 g/mol. The van der Waals surface area contributed by atoms with Gasteiger partial charge < -0.3 is 34.5 Å². The fourth-order valence-electron chi connectivity index (χ4n) is 8.27. The summed E-state index contributed by atoms with van der Waals surface area (Å²) in [6.45, 7) is 5.26. The fourth-order valence-corrected chi connectivity index (χ4v) is 8.27. The van der Waals surface area contributed by atoms with E-state index in [1.54, 1.807) is 32.4 Å². The molecule has 4 aliphatic heterocycles. The number of amides is 2. The molecule has 2 amide bonds. The van der Waals surface area contributed by atoms with Crippen LogP contribution in [0.15, 0.2) is 96.0 Å². The molecule has 0 radical (unpaired) electrons. The van der Waals surface area contributed by atoms with Crippen LogP contribution in [0.1, 0.15) is 56.8 Å². The third-order valence-corrected chi connectivity index (χ3v) is 10.8. The Morgan fingerprint density at radius 2 is 1.34 bits per heavy atom. The monoisotopic (exact) mass is 749 g/mol. The molecule has 284 valence electrons. The summed E-state index contributed by atoms with van der Waals surface area (Å²) in [6, 6.07) is 29.4. The Labute approximate surface area is 325 Å². The molecule has 2 N–H and O–H groups in total.